The van der Waals surface area contributed by atoms with Crippen LogP contribution in [0.3, 0.4) is 0 Å². The first kappa shape index (κ1) is 16.5. The molecule has 0 aromatic carbocycles. The zero-order chi connectivity index (χ0) is 15.0. The summed E-state index contributed by atoms with van der Waals surface area (Å²) in [5.41, 5.74) is 0. The molecule has 112 valence electrons. The van der Waals surface area contributed by atoms with Gasteiger partial charge in [-0.2, -0.15) is 0 Å². The largest absolute Gasteiger partial charge is 0.392 e. The summed E-state index contributed by atoms with van der Waals surface area (Å²) in [5, 5.41) is 15.6. The minimum Gasteiger partial charge on any atom is -0.392 e. The summed E-state index contributed by atoms with van der Waals surface area (Å²) < 4.78 is 0. The maximum absolute atomic E-state index is 12.2. The Labute approximate surface area is 120 Å². The number of anilines is 1. The molecule has 2 unspecified atom stereocenters. The fourth-order valence-corrected chi connectivity index (χ4v) is 1.69. The Kier molecular flexibility index (Phi) is 7.11. The Balaban J connectivity index is 2.54. The van der Waals surface area contributed by atoms with E-state index in [9.17, 15) is 9.90 Å². The lowest BCUT2D eigenvalue weighted by Crippen LogP contribution is -2.44. The average Bonchev–Trinajstić information content (AvgIpc) is 2.43. The minimum atomic E-state index is -0.460. The lowest BCUT2D eigenvalue weighted by Gasteiger charge is -2.21. The molecular formula is C14H24N4O2. The van der Waals surface area contributed by atoms with E-state index in [0.29, 0.717) is 18.8 Å². The van der Waals surface area contributed by atoms with Crippen LogP contribution in [0, 0.1) is 5.92 Å². The van der Waals surface area contributed by atoms with Crippen LogP contribution >= 0.6 is 0 Å². The molecule has 0 saturated carbocycles. The number of nitrogens with one attached hydrogen (secondary N) is 2. The maximum atomic E-state index is 12.2. The predicted molar refractivity (Wildman–Crippen MR) is 78.2 cm³/mol. The Morgan fingerprint density at radius 2 is 2.15 bits per heavy atom. The van der Waals surface area contributed by atoms with Crippen molar-refractivity contribution in [1.29, 1.82) is 0 Å². The van der Waals surface area contributed by atoms with E-state index < -0.39 is 6.10 Å². The van der Waals surface area contributed by atoms with Gasteiger partial charge in [0, 0.05) is 18.9 Å². The Morgan fingerprint density at radius 3 is 2.70 bits per heavy atom. The van der Waals surface area contributed by atoms with Crippen LogP contribution in [0.15, 0.2) is 18.6 Å². The highest BCUT2D eigenvalue weighted by Crippen LogP contribution is 2.05. The van der Waals surface area contributed by atoms with Crippen LogP contribution in [0.25, 0.3) is 0 Å². The number of aliphatic hydroxyl groups excluding tert-OH is 1. The van der Waals surface area contributed by atoms with Crippen molar-refractivity contribution < 1.29 is 9.90 Å². The van der Waals surface area contributed by atoms with Crippen molar-refractivity contribution in [2.24, 2.45) is 5.92 Å². The first-order valence-corrected chi connectivity index (χ1v) is 7.03. The molecule has 1 aromatic heterocycles. The molecule has 0 radical (unpaired) electrons. The topological polar surface area (TPSA) is 87.1 Å². The standard InChI is InChI=1S/C14H24N4O2/c1-4-5-11(17-8-12(19)10(2)3)14(20)18-13-9-15-6-7-16-13/h6-7,9-12,17,19H,4-5,8H2,1-3H3,(H,16,18,20). The molecule has 1 rings (SSSR count). The smallest absolute Gasteiger partial charge is 0.242 e. The van der Waals surface area contributed by atoms with Crippen molar-refractivity contribution >= 4 is 11.7 Å². The molecule has 2 atom stereocenters. The Morgan fingerprint density at radius 1 is 1.40 bits per heavy atom. The summed E-state index contributed by atoms with van der Waals surface area (Å²) in [4.78, 5) is 20.1. The predicted octanol–water partition coefficient (Wildman–Crippen LogP) is 1.19. The van der Waals surface area contributed by atoms with Crippen molar-refractivity contribution in [3.8, 4) is 0 Å². The van der Waals surface area contributed by atoms with Gasteiger partial charge in [0.2, 0.25) is 5.91 Å². The van der Waals surface area contributed by atoms with E-state index in [2.05, 4.69) is 20.6 Å². The third-order valence-electron chi connectivity index (χ3n) is 3.05. The Bertz CT molecular complexity index is 397. The highest BCUT2D eigenvalue weighted by molar-refractivity contribution is 5.93. The third kappa shape index (κ3) is 5.63. The quantitative estimate of drug-likeness (QED) is 0.666. The van der Waals surface area contributed by atoms with Gasteiger partial charge in [0.25, 0.3) is 0 Å². The molecule has 1 amide bonds. The number of carbonyl (C=O) groups is 1. The molecule has 3 N–H and O–H groups in total. The molecule has 0 bridgehead atoms. The number of hydrogen-bond acceptors (Lipinski definition) is 5. The van der Waals surface area contributed by atoms with E-state index in [4.69, 9.17) is 0 Å². The second kappa shape index (κ2) is 8.60. The first-order valence-electron chi connectivity index (χ1n) is 7.03. The van der Waals surface area contributed by atoms with Crippen LogP contribution in [0.5, 0.6) is 0 Å². The zero-order valence-corrected chi connectivity index (χ0v) is 12.3. The van der Waals surface area contributed by atoms with Crippen LogP contribution < -0.4 is 10.6 Å². The zero-order valence-electron chi connectivity index (χ0n) is 12.3. The SMILES string of the molecule is CCCC(NCC(O)C(C)C)C(=O)Nc1cnccn1. The van der Waals surface area contributed by atoms with Gasteiger partial charge >= 0.3 is 0 Å². The van der Waals surface area contributed by atoms with E-state index in [1.165, 1.54) is 12.4 Å². The minimum absolute atomic E-state index is 0.150. The number of amides is 1. The second-order valence-electron chi connectivity index (χ2n) is 5.14. The fourth-order valence-electron chi connectivity index (χ4n) is 1.69. The number of rotatable bonds is 8. The van der Waals surface area contributed by atoms with E-state index in [0.717, 1.165) is 6.42 Å². The molecule has 6 heteroatoms. The second-order valence-corrected chi connectivity index (χ2v) is 5.14. The van der Waals surface area contributed by atoms with Crippen LogP contribution in [-0.4, -0.2) is 39.7 Å². The van der Waals surface area contributed by atoms with Crippen molar-refractivity contribution in [1.82, 2.24) is 15.3 Å². The van der Waals surface area contributed by atoms with E-state index >= 15 is 0 Å². The van der Waals surface area contributed by atoms with Gasteiger partial charge in [0.05, 0.1) is 18.3 Å². The van der Waals surface area contributed by atoms with Gasteiger partial charge < -0.3 is 15.7 Å². The van der Waals surface area contributed by atoms with Gasteiger partial charge in [0.1, 0.15) is 0 Å². The summed E-state index contributed by atoms with van der Waals surface area (Å²) in [7, 11) is 0. The van der Waals surface area contributed by atoms with Crippen LogP contribution in [0.2, 0.25) is 0 Å². The van der Waals surface area contributed by atoms with Crippen LogP contribution in [-0.2, 0) is 4.79 Å². The molecule has 0 aliphatic heterocycles. The molecule has 0 saturated heterocycles. The molecule has 1 heterocycles. The average molecular weight is 280 g/mol. The monoisotopic (exact) mass is 280 g/mol. The number of aliphatic hydroxyl groups is 1. The third-order valence-corrected chi connectivity index (χ3v) is 3.05. The highest BCUT2D eigenvalue weighted by Gasteiger charge is 2.19. The molecule has 0 spiro atoms. The van der Waals surface area contributed by atoms with E-state index in [1.54, 1.807) is 6.20 Å². The summed E-state index contributed by atoms with van der Waals surface area (Å²) in [6.07, 6.45) is 5.71. The summed E-state index contributed by atoms with van der Waals surface area (Å²) in [6, 6.07) is -0.338. The number of nitrogens with zero attached hydrogens (tertiary/aromatic N) is 2. The van der Waals surface area contributed by atoms with Crippen molar-refractivity contribution in [3.05, 3.63) is 18.6 Å². The first-order chi connectivity index (χ1) is 9.54. The summed E-state index contributed by atoms with van der Waals surface area (Å²) in [5.74, 6) is 0.445. The molecule has 20 heavy (non-hydrogen) atoms. The van der Waals surface area contributed by atoms with Crippen LogP contribution in [0.4, 0.5) is 5.82 Å². The number of aromatic nitrogens is 2. The van der Waals surface area contributed by atoms with Gasteiger partial charge in [-0.3, -0.25) is 9.78 Å². The lowest BCUT2D eigenvalue weighted by atomic mass is 10.1. The van der Waals surface area contributed by atoms with Crippen LogP contribution in [0.1, 0.15) is 33.6 Å². The molecular weight excluding hydrogens is 256 g/mol. The molecule has 0 aliphatic rings. The van der Waals surface area contributed by atoms with Crippen molar-refractivity contribution in [3.63, 3.8) is 0 Å². The van der Waals surface area contributed by atoms with E-state index in [1.807, 2.05) is 20.8 Å². The highest BCUT2D eigenvalue weighted by atomic mass is 16.3. The van der Waals surface area contributed by atoms with Gasteiger partial charge in [-0.1, -0.05) is 27.2 Å². The van der Waals surface area contributed by atoms with Crippen molar-refractivity contribution in [2.45, 2.75) is 45.8 Å². The number of carbonyl (C=O) groups excluding carboxylic acids is 1. The maximum Gasteiger partial charge on any atom is 0.242 e. The molecule has 1 aromatic rings. The van der Waals surface area contributed by atoms with Crippen molar-refractivity contribution in [2.75, 3.05) is 11.9 Å². The Hall–Kier alpha value is -1.53. The van der Waals surface area contributed by atoms with Gasteiger partial charge in [0.15, 0.2) is 5.82 Å². The van der Waals surface area contributed by atoms with Gasteiger partial charge in [-0.25, -0.2) is 4.98 Å². The van der Waals surface area contributed by atoms with Gasteiger partial charge in [-0.15, -0.1) is 0 Å². The summed E-state index contributed by atoms with van der Waals surface area (Å²) >= 11 is 0. The molecule has 6 nitrogen and oxygen atoms in total. The number of hydrogen-bond donors (Lipinski definition) is 3. The fraction of sp³-hybridized carbons (Fsp3) is 0.643. The summed E-state index contributed by atoms with van der Waals surface area (Å²) in [6.45, 7) is 6.31. The van der Waals surface area contributed by atoms with E-state index in [-0.39, 0.29) is 17.9 Å². The normalized spacial score (nSPS) is 14.1. The lowest BCUT2D eigenvalue weighted by molar-refractivity contribution is -0.118. The molecule has 0 aliphatic carbocycles. The van der Waals surface area contributed by atoms with Gasteiger partial charge in [-0.05, 0) is 12.3 Å². The molecule has 0 fully saturated rings.